The van der Waals surface area contributed by atoms with Gasteiger partial charge < -0.3 is 19.4 Å². The number of para-hydroxylation sites is 1. The molecule has 0 atom stereocenters. The third-order valence-electron chi connectivity index (χ3n) is 3.59. The number of benzene rings is 1. The molecule has 1 heterocycles. The molecule has 1 aromatic carbocycles. The first kappa shape index (κ1) is 17.6. The Morgan fingerprint density at radius 2 is 1.96 bits per heavy atom. The largest absolute Gasteiger partial charge is 0.496 e. The molecule has 0 fully saturated rings. The average molecular weight is 330 g/mol. The minimum Gasteiger partial charge on any atom is -0.496 e. The molecule has 0 bridgehead atoms. The summed E-state index contributed by atoms with van der Waals surface area (Å²) in [7, 11) is 3.23. The van der Waals surface area contributed by atoms with E-state index < -0.39 is 0 Å². The number of furan rings is 1. The summed E-state index contributed by atoms with van der Waals surface area (Å²) in [5.74, 6) is 1.73. The van der Waals surface area contributed by atoms with Gasteiger partial charge in [0, 0.05) is 20.0 Å². The lowest BCUT2D eigenvalue weighted by molar-refractivity contribution is -0.130. The van der Waals surface area contributed by atoms with Gasteiger partial charge >= 0.3 is 0 Å². The van der Waals surface area contributed by atoms with E-state index in [4.69, 9.17) is 9.15 Å². The first-order chi connectivity index (χ1) is 11.5. The first-order valence-electron chi connectivity index (χ1n) is 7.71. The van der Waals surface area contributed by atoms with Gasteiger partial charge in [-0.3, -0.25) is 9.59 Å². The molecule has 2 aromatic rings. The Balaban J connectivity index is 1.80. The Morgan fingerprint density at radius 1 is 1.21 bits per heavy atom. The first-order valence-corrected chi connectivity index (χ1v) is 7.71. The van der Waals surface area contributed by atoms with Crippen LogP contribution in [0.5, 0.6) is 5.75 Å². The van der Waals surface area contributed by atoms with E-state index in [0.717, 1.165) is 11.5 Å². The fourth-order valence-corrected chi connectivity index (χ4v) is 2.29. The summed E-state index contributed by atoms with van der Waals surface area (Å²) >= 11 is 0. The van der Waals surface area contributed by atoms with Crippen LogP contribution in [0.3, 0.4) is 0 Å². The summed E-state index contributed by atoms with van der Waals surface area (Å²) in [6.45, 7) is 2.53. The normalized spacial score (nSPS) is 10.3. The zero-order valence-electron chi connectivity index (χ0n) is 14.2. The lowest BCUT2D eigenvalue weighted by Gasteiger charge is -2.16. The monoisotopic (exact) mass is 330 g/mol. The molecule has 128 valence electrons. The van der Waals surface area contributed by atoms with Crippen molar-refractivity contribution in [2.45, 2.75) is 19.9 Å². The van der Waals surface area contributed by atoms with Gasteiger partial charge in [0.25, 0.3) is 5.91 Å². The number of hydrogen-bond donors (Lipinski definition) is 1. The van der Waals surface area contributed by atoms with E-state index in [1.807, 2.05) is 19.1 Å². The fraction of sp³-hybridized carbons (Fsp3) is 0.333. The van der Waals surface area contributed by atoms with Gasteiger partial charge in [0.05, 0.1) is 19.2 Å². The molecular weight excluding hydrogens is 308 g/mol. The number of aryl methyl sites for hydroxylation is 1. The van der Waals surface area contributed by atoms with Crippen molar-refractivity contribution in [3.8, 4) is 5.75 Å². The SMILES string of the molecule is COc1ccccc1C(=O)NCCC(=O)N(C)Cc1ccc(C)o1. The molecular formula is C18H22N2O4. The van der Waals surface area contributed by atoms with Gasteiger partial charge in [-0.1, -0.05) is 12.1 Å². The van der Waals surface area contributed by atoms with E-state index in [1.165, 1.54) is 7.11 Å². The van der Waals surface area contributed by atoms with Crippen LogP contribution < -0.4 is 10.1 Å². The summed E-state index contributed by atoms with van der Waals surface area (Å²) in [6.07, 6.45) is 0.219. The number of methoxy groups -OCH3 is 1. The predicted molar refractivity (Wildman–Crippen MR) is 89.9 cm³/mol. The standard InChI is InChI=1S/C18H22N2O4/c1-13-8-9-14(24-13)12-20(2)17(21)10-11-19-18(22)15-6-4-5-7-16(15)23-3/h4-9H,10-12H2,1-3H3,(H,19,22). The van der Waals surface area contributed by atoms with Crippen molar-refractivity contribution in [3.05, 3.63) is 53.5 Å². The molecule has 1 N–H and O–H groups in total. The molecule has 0 aliphatic rings. The number of ether oxygens (including phenoxy) is 1. The van der Waals surface area contributed by atoms with Gasteiger partial charge in [-0.2, -0.15) is 0 Å². The van der Waals surface area contributed by atoms with Crippen LogP contribution in [0, 0.1) is 6.92 Å². The molecule has 0 aliphatic carbocycles. The Bertz CT molecular complexity index is 709. The molecule has 0 radical (unpaired) electrons. The van der Waals surface area contributed by atoms with Gasteiger partial charge in [-0.15, -0.1) is 0 Å². The second-order valence-corrected chi connectivity index (χ2v) is 5.47. The number of nitrogens with zero attached hydrogens (tertiary/aromatic N) is 1. The average Bonchev–Trinajstić information content (AvgIpc) is 2.99. The van der Waals surface area contributed by atoms with Gasteiger partial charge in [-0.25, -0.2) is 0 Å². The van der Waals surface area contributed by atoms with Crippen molar-refractivity contribution in [1.29, 1.82) is 0 Å². The van der Waals surface area contributed by atoms with E-state index in [9.17, 15) is 9.59 Å². The second kappa shape index (κ2) is 8.19. The maximum absolute atomic E-state index is 12.1. The third kappa shape index (κ3) is 4.62. The van der Waals surface area contributed by atoms with Crippen LogP contribution in [0.25, 0.3) is 0 Å². The highest BCUT2D eigenvalue weighted by atomic mass is 16.5. The molecule has 6 heteroatoms. The number of rotatable bonds is 7. The molecule has 2 amide bonds. The van der Waals surface area contributed by atoms with Crippen molar-refractivity contribution in [1.82, 2.24) is 10.2 Å². The Labute approximate surface area is 141 Å². The van der Waals surface area contributed by atoms with Gasteiger partial charge in [-0.05, 0) is 31.2 Å². The van der Waals surface area contributed by atoms with Crippen LogP contribution in [0.4, 0.5) is 0 Å². The van der Waals surface area contributed by atoms with Crippen molar-refractivity contribution >= 4 is 11.8 Å². The Morgan fingerprint density at radius 3 is 2.62 bits per heavy atom. The predicted octanol–water partition coefficient (Wildman–Crippen LogP) is 2.38. The minimum atomic E-state index is -0.260. The molecule has 2 rings (SSSR count). The molecule has 0 saturated carbocycles. The molecule has 6 nitrogen and oxygen atoms in total. The minimum absolute atomic E-state index is 0.0654. The fourth-order valence-electron chi connectivity index (χ4n) is 2.29. The number of amides is 2. The zero-order chi connectivity index (χ0) is 17.5. The molecule has 0 spiro atoms. The molecule has 0 unspecified atom stereocenters. The van der Waals surface area contributed by atoms with Crippen LogP contribution in [-0.4, -0.2) is 37.4 Å². The number of nitrogens with one attached hydrogen (secondary N) is 1. The molecule has 0 aliphatic heterocycles. The molecule has 1 aromatic heterocycles. The van der Waals surface area contributed by atoms with Crippen LogP contribution >= 0.6 is 0 Å². The summed E-state index contributed by atoms with van der Waals surface area (Å²) < 4.78 is 10.6. The quantitative estimate of drug-likeness (QED) is 0.846. The van der Waals surface area contributed by atoms with Crippen LogP contribution in [-0.2, 0) is 11.3 Å². The Kier molecular flexibility index (Phi) is 6.01. The van der Waals surface area contributed by atoms with Crippen molar-refractivity contribution in [2.24, 2.45) is 0 Å². The molecule has 0 saturated heterocycles. The smallest absolute Gasteiger partial charge is 0.255 e. The van der Waals surface area contributed by atoms with E-state index in [2.05, 4.69) is 5.32 Å². The van der Waals surface area contributed by atoms with Crippen LogP contribution in [0.2, 0.25) is 0 Å². The third-order valence-corrected chi connectivity index (χ3v) is 3.59. The van der Waals surface area contributed by atoms with Crippen LogP contribution in [0.15, 0.2) is 40.8 Å². The number of hydrogen-bond acceptors (Lipinski definition) is 4. The highest BCUT2D eigenvalue weighted by Gasteiger charge is 2.14. The van der Waals surface area contributed by atoms with Gasteiger partial charge in [0.2, 0.25) is 5.91 Å². The number of carbonyl (C=O) groups excluding carboxylic acids is 2. The number of carbonyl (C=O) groups is 2. The lowest BCUT2D eigenvalue weighted by atomic mass is 10.2. The summed E-state index contributed by atoms with van der Waals surface area (Å²) in [5, 5.41) is 2.74. The van der Waals surface area contributed by atoms with Gasteiger partial charge in [0.15, 0.2) is 0 Å². The maximum atomic E-state index is 12.1. The lowest BCUT2D eigenvalue weighted by Crippen LogP contribution is -2.31. The van der Waals surface area contributed by atoms with E-state index in [-0.39, 0.29) is 24.8 Å². The van der Waals surface area contributed by atoms with E-state index in [0.29, 0.717) is 17.9 Å². The summed E-state index contributed by atoms with van der Waals surface area (Å²) in [4.78, 5) is 25.8. The highest BCUT2D eigenvalue weighted by molar-refractivity contribution is 5.97. The Hall–Kier alpha value is -2.76. The molecule has 24 heavy (non-hydrogen) atoms. The van der Waals surface area contributed by atoms with Crippen molar-refractivity contribution < 1.29 is 18.7 Å². The topological polar surface area (TPSA) is 71.8 Å². The summed E-state index contributed by atoms with van der Waals surface area (Å²) in [6, 6.07) is 10.7. The highest BCUT2D eigenvalue weighted by Crippen LogP contribution is 2.16. The van der Waals surface area contributed by atoms with Crippen molar-refractivity contribution in [2.75, 3.05) is 20.7 Å². The maximum Gasteiger partial charge on any atom is 0.255 e. The van der Waals surface area contributed by atoms with E-state index in [1.54, 1.807) is 36.2 Å². The summed E-state index contributed by atoms with van der Waals surface area (Å²) in [5.41, 5.74) is 0.451. The van der Waals surface area contributed by atoms with Crippen molar-refractivity contribution in [3.63, 3.8) is 0 Å². The second-order valence-electron chi connectivity index (χ2n) is 5.47. The van der Waals surface area contributed by atoms with Crippen LogP contribution in [0.1, 0.15) is 28.3 Å². The van der Waals surface area contributed by atoms with Gasteiger partial charge in [0.1, 0.15) is 17.3 Å². The van der Waals surface area contributed by atoms with E-state index >= 15 is 0 Å². The zero-order valence-corrected chi connectivity index (χ0v) is 14.2.